The van der Waals surface area contributed by atoms with Gasteiger partial charge in [-0.1, -0.05) is 89.6 Å². The zero-order valence-electron chi connectivity index (χ0n) is 18.7. The fraction of sp³-hybridized carbons (Fsp3) is 0.222. The van der Waals surface area contributed by atoms with E-state index in [1.807, 2.05) is 91.9 Å². The highest BCUT2D eigenvalue weighted by molar-refractivity contribution is 5.77. The smallest absolute Gasteiger partial charge is 0.248 e. The Kier molecular flexibility index (Phi) is 7.61. The molecule has 4 rings (SSSR count). The molecule has 1 amide bonds. The first-order valence-corrected chi connectivity index (χ1v) is 11.0. The zero-order chi connectivity index (χ0) is 22.9. The quantitative estimate of drug-likeness (QED) is 0.352. The molecule has 168 valence electrons. The lowest BCUT2D eigenvalue weighted by Crippen LogP contribution is -2.35. The summed E-state index contributed by atoms with van der Waals surface area (Å²) in [7, 11) is 0. The van der Waals surface area contributed by atoms with Crippen molar-refractivity contribution in [3.05, 3.63) is 108 Å². The maximum atomic E-state index is 13.0. The molecule has 0 aliphatic carbocycles. The second kappa shape index (κ2) is 11.2. The molecular weight excluding hydrogens is 414 g/mol. The van der Waals surface area contributed by atoms with Gasteiger partial charge in [-0.2, -0.15) is 4.98 Å². The van der Waals surface area contributed by atoms with Gasteiger partial charge in [0.1, 0.15) is 6.61 Å². The molecule has 0 aliphatic heterocycles. The van der Waals surface area contributed by atoms with Gasteiger partial charge < -0.3 is 14.2 Å². The second-order valence-electron chi connectivity index (χ2n) is 7.91. The summed E-state index contributed by atoms with van der Waals surface area (Å²) in [6.45, 7) is 3.39. The van der Waals surface area contributed by atoms with Crippen LogP contribution in [0, 0.1) is 6.92 Å². The summed E-state index contributed by atoms with van der Waals surface area (Å²) in [4.78, 5) is 19.2. The van der Waals surface area contributed by atoms with Crippen molar-refractivity contribution < 1.29 is 14.1 Å². The third kappa shape index (κ3) is 6.60. The van der Waals surface area contributed by atoms with Crippen LogP contribution in [0.15, 0.2) is 89.5 Å². The van der Waals surface area contributed by atoms with E-state index in [2.05, 4.69) is 10.1 Å². The van der Waals surface area contributed by atoms with Crippen molar-refractivity contribution in [3.63, 3.8) is 0 Å². The van der Waals surface area contributed by atoms with Crippen LogP contribution in [0.5, 0.6) is 0 Å². The Labute approximate surface area is 193 Å². The highest BCUT2D eigenvalue weighted by atomic mass is 16.5. The van der Waals surface area contributed by atoms with Crippen LogP contribution in [0.2, 0.25) is 0 Å². The van der Waals surface area contributed by atoms with Crippen molar-refractivity contribution in [2.75, 3.05) is 13.2 Å². The van der Waals surface area contributed by atoms with Gasteiger partial charge in [-0.05, 0) is 24.1 Å². The third-order valence-electron chi connectivity index (χ3n) is 5.25. The van der Waals surface area contributed by atoms with Crippen molar-refractivity contribution in [2.45, 2.75) is 26.5 Å². The van der Waals surface area contributed by atoms with Crippen LogP contribution in [0.3, 0.4) is 0 Å². The topological polar surface area (TPSA) is 68.5 Å². The number of benzene rings is 3. The normalized spacial score (nSPS) is 10.8. The molecule has 0 saturated carbocycles. The number of nitrogens with zero attached hydrogens (tertiary/aromatic N) is 3. The summed E-state index contributed by atoms with van der Waals surface area (Å²) >= 11 is 0. The van der Waals surface area contributed by atoms with Gasteiger partial charge in [-0.3, -0.25) is 4.79 Å². The van der Waals surface area contributed by atoms with Crippen LogP contribution in [0.1, 0.15) is 22.6 Å². The molecule has 0 N–H and O–H groups in total. The van der Waals surface area contributed by atoms with E-state index < -0.39 is 0 Å². The number of carbonyl (C=O) groups excluding carboxylic acids is 1. The molecule has 0 spiro atoms. The lowest BCUT2D eigenvalue weighted by atomic mass is 10.1. The van der Waals surface area contributed by atoms with E-state index in [-0.39, 0.29) is 12.5 Å². The molecule has 1 aromatic heterocycles. The molecule has 0 saturated heterocycles. The van der Waals surface area contributed by atoms with Gasteiger partial charge in [-0.15, -0.1) is 0 Å². The summed E-state index contributed by atoms with van der Waals surface area (Å²) in [5, 5.41) is 4.10. The van der Waals surface area contributed by atoms with Gasteiger partial charge in [0, 0.05) is 25.1 Å². The minimum Gasteiger partial charge on any atom is -0.367 e. The molecule has 0 unspecified atom stereocenters. The van der Waals surface area contributed by atoms with Gasteiger partial charge in [0.15, 0.2) is 0 Å². The van der Waals surface area contributed by atoms with Crippen LogP contribution >= 0.6 is 0 Å². The van der Waals surface area contributed by atoms with E-state index in [0.717, 1.165) is 22.3 Å². The van der Waals surface area contributed by atoms with Crippen molar-refractivity contribution in [2.24, 2.45) is 0 Å². The van der Waals surface area contributed by atoms with Gasteiger partial charge in [0.05, 0.1) is 6.61 Å². The number of aryl methyl sites for hydroxylation is 1. The number of ether oxygens (including phenoxy) is 1. The first kappa shape index (κ1) is 22.4. The Morgan fingerprint density at radius 2 is 1.67 bits per heavy atom. The molecule has 6 nitrogen and oxygen atoms in total. The van der Waals surface area contributed by atoms with E-state index >= 15 is 0 Å². The molecule has 6 heteroatoms. The fourth-order valence-electron chi connectivity index (χ4n) is 3.51. The van der Waals surface area contributed by atoms with E-state index in [9.17, 15) is 4.79 Å². The Hall–Kier alpha value is -3.77. The zero-order valence-corrected chi connectivity index (χ0v) is 18.7. The first-order chi connectivity index (χ1) is 16.2. The van der Waals surface area contributed by atoms with Crippen LogP contribution in [-0.4, -0.2) is 34.1 Å². The Morgan fingerprint density at radius 1 is 0.939 bits per heavy atom. The molecular formula is C27H27N3O3. The number of aromatic nitrogens is 2. The van der Waals surface area contributed by atoms with Gasteiger partial charge >= 0.3 is 0 Å². The molecule has 0 fully saturated rings. The van der Waals surface area contributed by atoms with E-state index in [4.69, 9.17) is 9.26 Å². The molecule has 4 aromatic rings. The lowest BCUT2D eigenvalue weighted by molar-refractivity contribution is -0.137. The molecule has 0 aliphatic rings. The Bertz CT molecular complexity index is 1160. The summed E-state index contributed by atoms with van der Waals surface area (Å²) in [5.74, 6) is 0.983. The monoisotopic (exact) mass is 441 g/mol. The van der Waals surface area contributed by atoms with Crippen LogP contribution in [-0.2, 0) is 29.1 Å². The van der Waals surface area contributed by atoms with Crippen molar-refractivity contribution in [3.8, 4) is 11.4 Å². The predicted octanol–water partition coefficient (Wildman–Crippen LogP) is 4.83. The largest absolute Gasteiger partial charge is 0.367 e. The standard InChI is InChI=1S/C27H27N3O3/c1-21-9-8-14-24(17-21)27-28-25(33-29-27)15-16-30(18-22-10-4-2-5-11-22)26(31)20-32-19-23-12-6-3-7-13-23/h2-14,17H,15-16,18-20H2,1H3. The summed E-state index contributed by atoms with van der Waals surface area (Å²) in [5.41, 5.74) is 4.14. The SMILES string of the molecule is Cc1cccc(-c2noc(CCN(Cc3ccccc3)C(=O)COCc3ccccc3)n2)c1. The van der Waals surface area contributed by atoms with E-state index in [1.54, 1.807) is 4.90 Å². The van der Waals surface area contributed by atoms with Gasteiger partial charge in [-0.25, -0.2) is 0 Å². The molecule has 0 radical (unpaired) electrons. The van der Waals surface area contributed by atoms with Crippen molar-refractivity contribution in [1.29, 1.82) is 0 Å². The molecule has 3 aromatic carbocycles. The van der Waals surface area contributed by atoms with Crippen LogP contribution < -0.4 is 0 Å². The minimum absolute atomic E-state index is 0.0140. The van der Waals surface area contributed by atoms with E-state index in [0.29, 0.717) is 37.8 Å². The molecule has 1 heterocycles. The predicted molar refractivity (Wildman–Crippen MR) is 126 cm³/mol. The number of hydrogen-bond donors (Lipinski definition) is 0. The lowest BCUT2D eigenvalue weighted by Gasteiger charge is -2.22. The fourth-order valence-corrected chi connectivity index (χ4v) is 3.51. The first-order valence-electron chi connectivity index (χ1n) is 11.0. The average molecular weight is 442 g/mol. The van der Waals surface area contributed by atoms with Gasteiger partial charge in [0.25, 0.3) is 0 Å². The van der Waals surface area contributed by atoms with Crippen molar-refractivity contribution >= 4 is 5.91 Å². The van der Waals surface area contributed by atoms with Gasteiger partial charge in [0.2, 0.25) is 17.6 Å². The molecule has 0 bridgehead atoms. The summed E-state index contributed by atoms with van der Waals surface area (Å²) < 4.78 is 11.1. The number of rotatable bonds is 10. The highest BCUT2D eigenvalue weighted by Gasteiger charge is 2.17. The second-order valence-corrected chi connectivity index (χ2v) is 7.91. The highest BCUT2D eigenvalue weighted by Crippen LogP contribution is 2.17. The Morgan fingerprint density at radius 3 is 2.39 bits per heavy atom. The Balaban J connectivity index is 1.38. The minimum atomic E-state index is -0.0757. The van der Waals surface area contributed by atoms with Crippen LogP contribution in [0.25, 0.3) is 11.4 Å². The molecule has 0 atom stereocenters. The number of amides is 1. The summed E-state index contributed by atoms with van der Waals surface area (Å²) in [6, 6.07) is 27.7. The maximum absolute atomic E-state index is 13.0. The summed E-state index contributed by atoms with van der Waals surface area (Å²) in [6.07, 6.45) is 0.468. The molecule has 33 heavy (non-hydrogen) atoms. The maximum Gasteiger partial charge on any atom is 0.248 e. The van der Waals surface area contributed by atoms with E-state index in [1.165, 1.54) is 0 Å². The number of carbonyl (C=O) groups is 1. The number of hydrogen-bond acceptors (Lipinski definition) is 5. The third-order valence-corrected chi connectivity index (χ3v) is 5.25. The van der Waals surface area contributed by atoms with Crippen LogP contribution in [0.4, 0.5) is 0 Å². The average Bonchev–Trinajstić information content (AvgIpc) is 3.32. The van der Waals surface area contributed by atoms with Crippen molar-refractivity contribution in [1.82, 2.24) is 15.0 Å².